The Morgan fingerprint density at radius 3 is 3.08 bits per heavy atom. The van der Waals surface area contributed by atoms with Crippen LogP contribution in [0.15, 0.2) is 36.0 Å². The molecule has 1 unspecified atom stereocenters. The largest absolute Gasteiger partial charge is 0.290 e. The molecule has 0 aliphatic heterocycles. The molecule has 0 fully saturated rings. The molecule has 2 rings (SSSR count). The first kappa shape index (κ1) is 7.53. The van der Waals surface area contributed by atoms with Crippen molar-refractivity contribution >= 4 is 5.78 Å². The third-order valence-electron chi connectivity index (χ3n) is 2.65. The Labute approximate surface area is 72.5 Å². The lowest BCUT2D eigenvalue weighted by atomic mass is 9.73. The van der Waals surface area contributed by atoms with E-state index in [0.717, 1.165) is 12.8 Å². The summed E-state index contributed by atoms with van der Waals surface area (Å²) in [5.74, 6) is 0.137. The molecule has 1 heteroatoms. The maximum Gasteiger partial charge on any atom is 0.178 e. The summed E-state index contributed by atoms with van der Waals surface area (Å²) in [5.41, 5.74) is 1.30. The van der Waals surface area contributed by atoms with Crippen molar-refractivity contribution in [2.24, 2.45) is 5.41 Å². The summed E-state index contributed by atoms with van der Waals surface area (Å²) in [4.78, 5) is 11.1. The molecular weight excluding hydrogens is 148 g/mol. The first-order valence-electron chi connectivity index (χ1n) is 4.33. The highest BCUT2D eigenvalue weighted by Crippen LogP contribution is 2.38. The number of rotatable bonds is 0. The van der Waals surface area contributed by atoms with Crippen molar-refractivity contribution in [3.63, 3.8) is 0 Å². The predicted molar refractivity (Wildman–Crippen MR) is 48.7 cm³/mol. The molecule has 0 amide bonds. The Morgan fingerprint density at radius 2 is 2.25 bits per heavy atom. The molecule has 0 bridgehead atoms. The highest BCUT2D eigenvalue weighted by Gasteiger charge is 2.27. The van der Waals surface area contributed by atoms with Gasteiger partial charge in [0.25, 0.3) is 0 Å². The molecule has 0 aromatic rings. The van der Waals surface area contributed by atoms with Gasteiger partial charge < -0.3 is 0 Å². The zero-order valence-electron chi connectivity index (χ0n) is 7.21. The van der Waals surface area contributed by atoms with E-state index in [1.165, 1.54) is 5.57 Å². The molecule has 0 saturated carbocycles. The lowest BCUT2D eigenvalue weighted by molar-refractivity contribution is -0.110. The molecule has 0 aromatic heterocycles. The van der Waals surface area contributed by atoms with Gasteiger partial charge in [-0.1, -0.05) is 23.8 Å². The molecular formula is C11H12O. The van der Waals surface area contributed by atoms with E-state index in [1.807, 2.05) is 6.08 Å². The van der Waals surface area contributed by atoms with Gasteiger partial charge in [-0.25, -0.2) is 0 Å². The monoisotopic (exact) mass is 160 g/mol. The normalized spacial score (nSPS) is 33.1. The lowest BCUT2D eigenvalue weighted by Gasteiger charge is -2.30. The maximum absolute atomic E-state index is 11.1. The number of allylic oxidation sites excluding steroid dienone is 6. The van der Waals surface area contributed by atoms with Crippen molar-refractivity contribution in [1.82, 2.24) is 0 Å². The van der Waals surface area contributed by atoms with Gasteiger partial charge in [0, 0.05) is 5.41 Å². The van der Waals surface area contributed by atoms with Crippen LogP contribution in [0.1, 0.15) is 19.8 Å². The minimum Gasteiger partial charge on any atom is -0.290 e. The number of carbonyl (C=O) groups excluding carboxylic acids is 1. The summed E-state index contributed by atoms with van der Waals surface area (Å²) < 4.78 is 0. The zero-order chi connectivity index (χ0) is 8.60. The van der Waals surface area contributed by atoms with E-state index in [9.17, 15) is 4.79 Å². The topological polar surface area (TPSA) is 17.1 Å². The molecule has 1 atom stereocenters. The second-order valence-corrected chi connectivity index (χ2v) is 3.63. The summed E-state index contributed by atoms with van der Waals surface area (Å²) in [6.45, 7) is 2.15. The molecule has 0 radical (unpaired) electrons. The van der Waals surface area contributed by atoms with Gasteiger partial charge in [0.15, 0.2) is 5.78 Å². The number of hydrogen-bond donors (Lipinski definition) is 0. The van der Waals surface area contributed by atoms with Crippen molar-refractivity contribution in [3.05, 3.63) is 36.0 Å². The summed E-state index contributed by atoms with van der Waals surface area (Å²) in [6.07, 6.45) is 11.9. The minimum atomic E-state index is 0.0339. The number of hydrogen-bond acceptors (Lipinski definition) is 1. The maximum atomic E-state index is 11.1. The van der Waals surface area contributed by atoms with Gasteiger partial charge in [-0.3, -0.25) is 4.79 Å². The predicted octanol–water partition coefficient (Wildman–Crippen LogP) is 2.41. The fraction of sp³-hybridized carbons (Fsp3) is 0.364. The van der Waals surface area contributed by atoms with Crippen LogP contribution in [0.5, 0.6) is 0 Å². The van der Waals surface area contributed by atoms with Crippen molar-refractivity contribution in [2.75, 3.05) is 0 Å². The Balaban J connectivity index is 2.45. The molecule has 0 heterocycles. The van der Waals surface area contributed by atoms with E-state index in [1.54, 1.807) is 12.2 Å². The van der Waals surface area contributed by atoms with Gasteiger partial charge in [-0.2, -0.15) is 0 Å². The lowest BCUT2D eigenvalue weighted by Crippen LogP contribution is -2.20. The Bertz CT molecular complexity index is 307. The van der Waals surface area contributed by atoms with Gasteiger partial charge in [0.1, 0.15) is 0 Å². The Morgan fingerprint density at radius 1 is 1.42 bits per heavy atom. The highest BCUT2D eigenvalue weighted by molar-refractivity contribution is 6.01. The first-order valence-corrected chi connectivity index (χ1v) is 4.33. The van der Waals surface area contributed by atoms with Crippen molar-refractivity contribution in [1.29, 1.82) is 0 Å². The van der Waals surface area contributed by atoms with Gasteiger partial charge in [-0.15, -0.1) is 0 Å². The van der Waals surface area contributed by atoms with Crippen molar-refractivity contribution in [2.45, 2.75) is 19.8 Å². The van der Waals surface area contributed by atoms with E-state index >= 15 is 0 Å². The third-order valence-corrected chi connectivity index (χ3v) is 2.65. The van der Waals surface area contributed by atoms with E-state index < -0.39 is 0 Å². The summed E-state index contributed by atoms with van der Waals surface area (Å²) >= 11 is 0. The molecule has 12 heavy (non-hydrogen) atoms. The number of carbonyl (C=O) groups is 1. The quantitative estimate of drug-likeness (QED) is 0.497. The van der Waals surface area contributed by atoms with Crippen LogP contribution in [0.4, 0.5) is 0 Å². The summed E-state index contributed by atoms with van der Waals surface area (Å²) in [6, 6.07) is 0. The molecule has 0 aromatic carbocycles. The molecule has 0 N–H and O–H groups in total. The van der Waals surface area contributed by atoms with Crippen LogP contribution in [0.3, 0.4) is 0 Å². The molecule has 0 saturated heterocycles. The molecule has 1 nitrogen and oxygen atoms in total. The van der Waals surface area contributed by atoms with Gasteiger partial charge >= 0.3 is 0 Å². The van der Waals surface area contributed by atoms with Gasteiger partial charge in [0.2, 0.25) is 0 Å². The van der Waals surface area contributed by atoms with Gasteiger partial charge in [0.05, 0.1) is 0 Å². The second-order valence-electron chi connectivity index (χ2n) is 3.63. The van der Waals surface area contributed by atoms with Crippen LogP contribution in [-0.2, 0) is 4.79 Å². The van der Waals surface area contributed by atoms with Crippen LogP contribution in [0.2, 0.25) is 0 Å². The Hall–Kier alpha value is -1.11. The van der Waals surface area contributed by atoms with E-state index in [0.29, 0.717) is 0 Å². The van der Waals surface area contributed by atoms with Crippen LogP contribution in [0, 0.1) is 5.41 Å². The number of fused-ring (bicyclic) bond motifs is 1. The van der Waals surface area contributed by atoms with Crippen LogP contribution >= 0.6 is 0 Å². The fourth-order valence-corrected chi connectivity index (χ4v) is 1.81. The summed E-state index contributed by atoms with van der Waals surface area (Å²) in [5, 5.41) is 0. The average Bonchev–Trinajstić information content (AvgIpc) is 2.06. The minimum absolute atomic E-state index is 0.0339. The first-order chi connectivity index (χ1) is 5.71. The summed E-state index contributed by atoms with van der Waals surface area (Å²) in [7, 11) is 0. The third kappa shape index (κ3) is 1.06. The van der Waals surface area contributed by atoms with E-state index in [2.05, 4.69) is 19.1 Å². The smallest absolute Gasteiger partial charge is 0.178 e. The van der Waals surface area contributed by atoms with Gasteiger partial charge in [-0.05, 0) is 31.9 Å². The van der Waals surface area contributed by atoms with Crippen LogP contribution in [-0.4, -0.2) is 5.78 Å². The van der Waals surface area contributed by atoms with Crippen LogP contribution in [0.25, 0.3) is 0 Å². The second kappa shape index (κ2) is 2.44. The van der Waals surface area contributed by atoms with E-state index in [-0.39, 0.29) is 11.2 Å². The van der Waals surface area contributed by atoms with Crippen molar-refractivity contribution in [3.8, 4) is 0 Å². The number of ketones is 1. The molecule has 2 aliphatic rings. The average molecular weight is 160 g/mol. The molecule has 2 aliphatic carbocycles. The highest BCUT2D eigenvalue weighted by atomic mass is 16.1. The van der Waals surface area contributed by atoms with Crippen molar-refractivity contribution < 1.29 is 4.79 Å². The SMILES string of the molecule is CC12C=CCCC1=CC(=O)C=C2. The zero-order valence-corrected chi connectivity index (χ0v) is 7.21. The van der Waals surface area contributed by atoms with E-state index in [4.69, 9.17) is 0 Å². The fourth-order valence-electron chi connectivity index (χ4n) is 1.81. The Kier molecular flexibility index (Phi) is 1.53. The van der Waals surface area contributed by atoms with Crippen LogP contribution < -0.4 is 0 Å². The molecule has 62 valence electrons. The standard InChI is InChI=1S/C11H12O/c1-11-6-3-2-4-9(11)8-10(12)5-7-11/h3,5-8H,2,4H2,1H3. The molecule has 0 spiro atoms.